The highest BCUT2D eigenvalue weighted by molar-refractivity contribution is 6.35. The first kappa shape index (κ1) is 21.7. The van der Waals surface area contributed by atoms with E-state index in [4.69, 9.17) is 27.9 Å². The van der Waals surface area contributed by atoms with Crippen LogP contribution < -0.4 is 5.32 Å². The number of pyridine rings is 1. The molecular weight excluding hydrogens is 411 g/mol. The number of hydrogen-bond donors (Lipinski definition) is 1. The fourth-order valence-corrected chi connectivity index (χ4v) is 3.69. The van der Waals surface area contributed by atoms with Gasteiger partial charge in [-0.2, -0.15) is 0 Å². The van der Waals surface area contributed by atoms with Gasteiger partial charge < -0.3 is 15.0 Å². The molecular formula is C21H26Cl2N4O2. The van der Waals surface area contributed by atoms with Crippen LogP contribution in [0.1, 0.15) is 25.3 Å². The quantitative estimate of drug-likeness (QED) is 0.605. The van der Waals surface area contributed by atoms with Crippen molar-refractivity contribution in [3.8, 4) is 0 Å². The van der Waals surface area contributed by atoms with Crippen LogP contribution >= 0.6 is 23.2 Å². The molecule has 29 heavy (non-hydrogen) atoms. The van der Waals surface area contributed by atoms with Crippen molar-refractivity contribution in [2.75, 3.05) is 38.1 Å². The van der Waals surface area contributed by atoms with Crippen LogP contribution in [0.5, 0.6) is 0 Å². The maximum atomic E-state index is 12.1. The Kier molecular flexibility index (Phi) is 7.98. The monoisotopic (exact) mass is 436 g/mol. The highest BCUT2D eigenvalue weighted by atomic mass is 35.5. The number of benzene rings is 1. The summed E-state index contributed by atoms with van der Waals surface area (Å²) in [6.45, 7) is 6.22. The van der Waals surface area contributed by atoms with Crippen molar-refractivity contribution in [1.82, 2.24) is 14.8 Å². The van der Waals surface area contributed by atoms with Crippen LogP contribution in [0.25, 0.3) is 0 Å². The second-order valence-electron chi connectivity index (χ2n) is 7.03. The highest BCUT2D eigenvalue weighted by Crippen LogP contribution is 2.26. The Morgan fingerprint density at radius 2 is 1.90 bits per heavy atom. The van der Waals surface area contributed by atoms with Gasteiger partial charge in [0.25, 0.3) is 0 Å². The molecule has 1 amide bonds. The number of carbonyl (C=O) groups is 1. The fraction of sp³-hybridized carbons (Fsp3) is 0.429. The largest absolute Gasteiger partial charge is 0.449 e. The summed E-state index contributed by atoms with van der Waals surface area (Å²) < 4.78 is 5.31. The molecule has 8 heteroatoms. The van der Waals surface area contributed by atoms with E-state index in [2.05, 4.69) is 22.1 Å². The van der Waals surface area contributed by atoms with Crippen LogP contribution in [-0.2, 0) is 11.3 Å². The molecule has 156 valence electrons. The molecule has 0 aliphatic carbocycles. The zero-order chi connectivity index (χ0) is 20.6. The summed E-state index contributed by atoms with van der Waals surface area (Å²) in [6, 6.07) is 9.30. The minimum absolute atomic E-state index is 0.209. The van der Waals surface area contributed by atoms with Crippen molar-refractivity contribution >= 4 is 40.8 Å². The molecule has 1 saturated heterocycles. The number of halogens is 2. The van der Waals surface area contributed by atoms with Gasteiger partial charge in [0.2, 0.25) is 0 Å². The number of nitrogens with one attached hydrogen (secondary N) is 1. The molecule has 0 spiro atoms. The highest BCUT2D eigenvalue weighted by Gasteiger charge is 2.22. The lowest BCUT2D eigenvalue weighted by Gasteiger charge is -2.34. The molecule has 3 rings (SSSR count). The Morgan fingerprint density at radius 1 is 1.17 bits per heavy atom. The Hall–Kier alpha value is -2.02. The molecule has 1 aromatic heterocycles. The van der Waals surface area contributed by atoms with E-state index in [9.17, 15) is 4.79 Å². The molecule has 0 saturated carbocycles. The van der Waals surface area contributed by atoms with E-state index in [-0.39, 0.29) is 6.09 Å². The van der Waals surface area contributed by atoms with E-state index in [0.29, 0.717) is 29.7 Å². The van der Waals surface area contributed by atoms with Gasteiger partial charge >= 0.3 is 6.09 Å². The predicted molar refractivity (Wildman–Crippen MR) is 117 cm³/mol. The van der Waals surface area contributed by atoms with Crippen molar-refractivity contribution in [3.05, 3.63) is 52.1 Å². The Bertz CT molecular complexity index is 806. The average molecular weight is 437 g/mol. The number of carbonyl (C=O) groups excluding carboxylic acids is 1. The number of piperazine rings is 1. The van der Waals surface area contributed by atoms with Crippen molar-refractivity contribution in [1.29, 1.82) is 0 Å². The molecule has 2 aromatic rings. The number of rotatable bonds is 7. The van der Waals surface area contributed by atoms with Gasteiger partial charge in [-0.25, -0.2) is 9.78 Å². The minimum Gasteiger partial charge on any atom is -0.449 e. The number of nitrogens with zero attached hydrogens (tertiary/aromatic N) is 3. The van der Waals surface area contributed by atoms with Gasteiger partial charge in [-0.3, -0.25) is 4.90 Å². The number of anilines is 2. The van der Waals surface area contributed by atoms with Gasteiger partial charge in [-0.05, 0) is 30.7 Å². The standard InChI is InChI=1S/C21H26Cl2N4O2/c1-2-3-11-29-21(28)27-9-7-26(8-10-27)15-16-5-4-6-24-20(16)25-19-13-17(22)12-18(23)14-19/h4-6,12-14H,2-3,7-11,15H2,1H3,(H,24,25). The third-order valence-corrected chi connectivity index (χ3v) is 5.20. The second-order valence-corrected chi connectivity index (χ2v) is 7.90. The van der Waals surface area contributed by atoms with Gasteiger partial charge in [0.05, 0.1) is 6.61 Å². The van der Waals surface area contributed by atoms with Crippen LogP contribution in [-0.4, -0.2) is 53.7 Å². The van der Waals surface area contributed by atoms with Gasteiger partial charge in [0.1, 0.15) is 5.82 Å². The summed E-state index contributed by atoms with van der Waals surface area (Å²) in [7, 11) is 0. The average Bonchev–Trinajstić information content (AvgIpc) is 2.69. The Labute approximate surface area is 181 Å². The lowest BCUT2D eigenvalue weighted by molar-refractivity contribution is 0.0738. The number of unbranched alkanes of at least 4 members (excludes halogenated alkanes) is 1. The fourth-order valence-electron chi connectivity index (χ4n) is 3.17. The molecule has 0 unspecified atom stereocenters. The van der Waals surface area contributed by atoms with E-state index < -0.39 is 0 Å². The summed E-state index contributed by atoms with van der Waals surface area (Å²) in [5, 5.41) is 4.45. The SMILES string of the molecule is CCCCOC(=O)N1CCN(Cc2cccnc2Nc2cc(Cl)cc(Cl)c2)CC1. The zero-order valence-electron chi connectivity index (χ0n) is 16.5. The maximum absolute atomic E-state index is 12.1. The van der Waals surface area contributed by atoms with E-state index in [1.165, 1.54) is 0 Å². The van der Waals surface area contributed by atoms with Gasteiger partial charge in [0.15, 0.2) is 0 Å². The van der Waals surface area contributed by atoms with E-state index >= 15 is 0 Å². The summed E-state index contributed by atoms with van der Waals surface area (Å²) in [5.41, 5.74) is 1.87. The van der Waals surface area contributed by atoms with Crippen LogP contribution in [0.2, 0.25) is 10.0 Å². The summed E-state index contributed by atoms with van der Waals surface area (Å²) in [5.74, 6) is 0.771. The van der Waals surface area contributed by atoms with E-state index in [1.807, 2.05) is 24.3 Å². The molecule has 6 nitrogen and oxygen atoms in total. The summed E-state index contributed by atoms with van der Waals surface area (Å²) in [4.78, 5) is 20.7. The molecule has 2 heterocycles. The molecule has 1 aliphatic heterocycles. The van der Waals surface area contributed by atoms with Crippen molar-refractivity contribution in [2.45, 2.75) is 26.3 Å². The van der Waals surface area contributed by atoms with Gasteiger partial charge in [0, 0.05) is 60.2 Å². The Balaban J connectivity index is 1.57. The first-order valence-corrected chi connectivity index (χ1v) is 10.6. The number of amides is 1. The number of ether oxygens (including phenoxy) is 1. The molecule has 0 radical (unpaired) electrons. The van der Waals surface area contributed by atoms with Crippen LogP contribution in [0.15, 0.2) is 36.5 Å². The lowest BCUT2D eigenvalue weighted by atomic mass is 10.2. The molecule has 0 atom stereocenters. The molecule has 1 N–H and O–H groups in total. The smallest absolute Gasteiger partial charge is 0.409 e. The van der Waals surface area contributed by atoms with Crippen molar-refractivity contribution in [2.24, 2.45) is 0 Å². The summed E-state index contributed by atoms with van der Waals surface area (Å²) >= 11 is 12.2. The van der Waals surface area contributed by atoms with Crippen molar-refractivity contribution < 1.29 is 9.53 Å². The molecule has 0 bridgehead atoms. The normalized spacial score (nSPS) is 14.7. The maximum Gasteiger partial charge on any atom is 0.409 e. The summed E-state index contributed by atoms with van der Waals surface area (Å²) in [6.07, 6.45) is 3.46. The predicted octanol–water partition coefficient (Wildman–Crippen LogP) is 5.19. The zero-order valence-corrected chi connectivity index (χ0v) is 18.0. The number of hydrogen-bond acceptors (Lipinski definition) is 5. The van der Waals surface area contributed by atoms with E-state index in [1.54, 1.807) is 17.2 Å². The Morgan fingerprint density at radius 3 is 2.59 bits per heavy atom. The lowest BCUT2D eigenvalue weighted by Crippen LogP contribution is -2.48. The van der Waals surface area contributed by atoms with Crippen LogP contribution in [0.4, 0.5) is 16.3 Å². The van der Waals surface area contributed by atoms with Gasteiger partial charge in [-0.15, -0.1) is 0 Å². The first-order valence-electron chi connectivity index (χ1n) is 9.86. The van der Waals surface area contributed by atoms with Crippen LogP contribution in [0.3, 0.4) is 0 Å². The first-order chi connectivity index (χ1) is 14.0. The van der Waals surface area contributed by atoms with Crippen molar-refractivity contribution in [3.63, 3.8) is 0 Å². The molecule has 1 fully saturated rings. The minimum atomic E-state index is -0.209. The number of aromatic nitrogens is 1. The second kappa shape index (κ2) is 10.7. The van der Waals surface area contributed by atoms with Crippen LogP contribution in [0, 0.1) is 0 Å². The van der Waals surface area contributed by atoms with E-state index in [0.717, 1.165) is 49.5 Å². The third-order valence-electron chi connectivity index (χ3n) is 4.76. The molecule has 1 aliphatic rings. The third kappa shape index (κ3) is 6.49. The topological polar surface area (TPSA) is 57.7 Å². The molecule has 1 aromatic carbocycles. The van der Waals surface area contributed by atoms with Gasteiger partial charge in [-0.1, -0.05) is 42.6 Å².